The predicted octanol–water partition coefficient (Wildman–Crippen LogP) is 0.391. The fourth-order valence-electron chi connectivity index (χ4n) is 1.57. The summed E-state index contributed by atoms with van der Waals surface area (Å²) in [6.45, 7) is 0.325. The van der Waals surface area contributed by atoms with Crippen LogP contribution in [0, 0.1) is 10.1 Å². The Morgan fingerprint density at radius 1 is 1.50 bits per heavy atom. The molecule has 0 spiro atoms. The zero-order valence-electron chi connectivity index (χ0n) is 10.2. The highest BCUT2D eigenvalue weighted by Crippen LogP contribution is 2.26. The van der Waals surface area contributed by atoms with Crippen molar-refractivity contribution in [3.05, 3.63) is 46.0 Å². The van der Waals surface area contributed by atoms with Gasteiger partial charge in [-0.3, -0.25) is 20.0 Å². The predicted molar refractivity (Wildman–Crippen MR) is 67.2 cm³/mol. The van der Waals surface area contributed by atoms with Crippen molar-refractivity contribution >= 4 is 11.6 Å². The summed E-state index contributed by atoms with van der Waals surface area (Å²) in [7, 11) is 0. The molecule has 1 aromatic carbocycles. The van der Waals surface area contributed by atoms with E-state index in [2.05, 4.69) is 20.5 Å². The summed E-state index contributed by atoms with van der Waals surface area (Å²) in [5.41, 5.74) is -0.297. The van der Waals surface area contributed by atoms with E-state index in [1.54, 1.807) is 0 Å². The van der Waals surface area contributed by atoms with E-state index in [0.717, 1.165) is 12.1 Å². The number of benzene rings is 1. The fourth-order valence-corrected chi connectivity index (χ4v) is 1.57. The molecule has 20 heavy (non-hydrogen) atoms. The lowest BCUT2D eigenvalue weighted by Crippen LogP contribution is -2.25. The molecule has 9 nitrogen and oxygen atoms in total. The van der Waals surface area contributed by atoms with Crippen molar-refractivity contribution in [3.63, 3.8) is 0 Å². The molecule has 2 aromatic rings. The maximum atomic E-state index is 11.8. The Balaban J connectivity index is 1.95. The second kappa shape index (κ2) is 5.78. The molecule has 0 atom stereocenters. The molecule has 1 aromatic heterocycles. The molecule has 0 aliphatic heterocycles. The van der Waals surface area contributed by atoms with E-state index in [-0.39, 0.29) is 5.56 Å². The van der Waals surface area contributed by atoms with E-state index in [1.165, 1.54) is 12.4 Å². The largest absolute Gasteiger partial charge is 0.502 e. The highest BCUT2D eigenvalue weighted by atomic mass is 16.6. The molecule has 3 N–H and O–H groups in total. The van der Waals surface area contributed by atoms with Crippen molar-refractivity contribution < 1.29 is 14.8 Å². The summed E-state index contributed by atoms with van der Waals surface area (Å²) < 4.78 is 0. The van der Waals surface area contributed by atoms with Crippen molar-refractivity contribution in [2.24, 2.45) is 0 Å². The summed E-state index contributed by atoms with van der Waals surface area (Å²) in [6.07, 6.45) is 1.84. The van der Waals surface area contributed by atoms with Crippen molar-refractivity contribution in [3.8, 4) is 5.75 Å². The smallest absolute Gasteiger partial charge is 0.310 e. The number of aromatic nitrogens is 3. The number of phenols is 1. The van der Waals surface area contributed by atoms with Crippen molar-refractivity contribution in [1.82, 2.24) is 20.5 Å². The van der Waals surface area contributed by atoms with Gasteiger partial charge in [-0.15, -0.1) is 0 Å². The van der Waals surface area contributed by atoms with Gasteiger partial charge in [-0.25, -0.2) is 4.98 Å². The molecule has 104 valence electrons. The minimum absolute atomic E-state index is 0.144. The van der Waals surface area contributed by atoms with Crippen LogP contribution in [0.25, 0.3) is 0 Å². The number of hydrogen-bond acceptors (Lipinski definition) is 6. The molecule has 0 fully saturated rings. The third-order valence-corrected chi connectivity index (χ3v) is 2.55. The van der Waals surface area contributed by atoms with Crippen LogP contribution in [-0.4, -0.2) is 37.7 Å². The standard InChI is InChI=1S/C11H11N5O4/c17-9-5-7(1-2-8(9)16(19)20)11(18)12-4-3-10-13-6-14-15-10/h1-2,5-6,17H,3-4H2,(H,12,18)(H,13,14,15). The van der Waals surface area contributed by atoms with Gasteiger partial charge in [-0.1, -0.05) is 0 Å². The van der Waals surface area contributed by atoms with E-state index in [0.29, 0.717) is 18.8 Å². The molecule has 0 unspecified atom stereocenters. The van der Waals surface area contributed by atoms with Crippen LogP contribution in [0.1, 0.15) is 16.2 Å². The number of nitrogens with zero attached hydrogens (tertiary/aromatic N) is 3. The lowest BCUT2D eigenvalue weighted by Gasteiger charge is -2.04. The van der Waals surface area contributed by atoms with Crippen LogP contribution >= 0.6 is 0 Å². The molecule has 1 heterocycles. The van der Waals surface area contributed by atoms with Gasteiger partial charge in [-0.05, 0) is 12.1 Å². The molecule has 0 saturated heterocycles. The maximum Gasteiger partial charge on any atom is 0.310 e. The Labute approximate surface area is 112 Å². The molecule has 0 bridgehead atoms. The first-order chi connectivity index (χ1) is 9.58. The van der Waals surface area contributed by atoms with Gasteiger partial charge in [-0.2, -0.15) is 5.10 Å². The number of hydrogen-bond donors (Lipinski definition) is 3. The monoisotopic (exact) mass is 277 g/mol. The number of amides is 1. The average molecular weight is 277 g/mol. The first-order valence-corrected chi connectivity index (χ1v) is 5.68. The molecular formula is C11H11N5O4. The third-order valence-electron chi connectivity index (χ3n) is 2.55. The van der Waals surface area contributed by atoms with Crippen LogP contribution in [0.15, 0.2) is 24.5 Å². The highest BCUT2D eigenvalue weighted by Gasteiger charge is 2.15. The summed E-state index contributed by atoms with van der Waals surface area (Å²) in [6, 6.07) is 3.42. The van der Waals surface area contributed by atoms with Gasteiger partial charge in [0.2, 0.25) is 0 Å². The summed E-state index contributed by atoms with van der Waals surface area (Å²) >= 11 is 0. The Kier molecular flexibility index (Phi) is 3.89. The van der Waals surface area contributed by atoms with Crippen LogP contribution in [0.3, 0.4) is 0 Å². The molecular weight excluding hydrogens is 266 g/mol. The Morgan fingerprint density at radius 3 is 2.90 bits per heavy atom. The number of rotatable bonds is 5. The van der Waals surface area contributed by atoms with Gasteiger partial charge < -0.3 is 10.4 Å². The lowest BCUT2D eigenvalue weighted by atomic mass is 10.1. The Bertz CT molecular complexity index is 626. The minimum atomic E-state index is -0.721. The van der Waals surface area contributed by atoms with E-state index in [9.17, 15) is 20.0 Å². The van der Waals surface area contributed by atoms with Crippen LogP contribution < -0.4 is 5.32 Å². The molecule has 0 radical (unpaired) electrons. The maximum absolute atomic E-state index is 11.8. The van der Waals surface area contributed by atoms with Crippen LogP contribution in [-0.2, 0) is 6.42 Å². The van der Waals surface area contributed by atoms with Crippen molar-refractivity contribution in [1.29, 1.82) is 0 Å². The SMILES string of the molecule is O=C(NCCc1ncn[nH]1)c1ccc([N+](=O)[O-])c(O)c1. The highest BCUT2D eigenvalue weighted by molar-refractivity contribution is 5.95. The van der Waals surface area contributed by atoms with Gasteiger partial charge >= 0.3 is 5.69 Å². The summed E-state index contributed by atoms with van der Waals surface area (Å²) in [5.74, 6) is -0.343. The van der Waals surface area contributed by atoms with Crippen molar-refractivity contribution in [2.75, 3.05) is 6.54 Å². The number of nitrogens with one attached hydrogen (secondary N) is 2. The van der Waals surface area contributed by atoms with Gasteiger partial charge in [0.15, 0.2) is 5.75 Å². The zero-order chi connectivity index (χ0) is 14.5. The minimum Gasteiger partial charge on any atom is -0.502 e. The molecule has 0 aliphatic rings. The van der Waals surface area contributed by atoms with Crippen molar-refractivity contribution in [2.45, 2.75) is 6.42 Å². The first kappa shape index (κ1) is 13.5. The number of H-pyrrole nitrogens is 1. The van der Waals surface area contributed by atoms with Gasteiger partial charge in [0.25, 0.3) is 5.91 Å². The van der Waals surface area contributed by atoms with E-state index >= 15 is 0 Å². The second-order valence-corrected chi connectivity index (χ2v) is 3.90. The number of carbonyl (C=O) groups is 1. The number of aromatic hydroxyl groups is 1. The summed E-state index contributed by atoms with van der Waals surface area (Å²) in [4.78, 5) is 25.5. The van der Waals surface area contributed by atoms with Gasteiger partial charge in [0, 0.05) is 24.6 Å². The quantitative estimate of drug-likeness (QED) is 0.534. The fraction of sp³-hybridized carbons (Fsp3) is 0.182. The summed E-state index contributed by atoms with van der Waals surface area (Å²) in [5, 5.41) is 28.9. The molecule has 0 aliphatic carbocycles. The normalized spacial score (nSPS) is 10.2. The first-order valence-electron chi connectivity index (χ1n) is 5.68. The molecule has 1 amide bonds. The second-order valence-electron chi connectivity index (χ2n) is 3.90. The van der Waals surface area contributed by atoms with E-state index in [1.807, 2.05) is 0 Å². The zero-order valence-corrected chi connectivity index (χ0v) is 10.2. The molecule has 9 heteroatoms. The lowest BCUT2D eigenvalue weighted by molar-refractivity contribution is -0.385. The van der Waals surface area contributed by atoms with Crippen LogP contribution in [0.5, 0.6) is 5.75 Å². The number of carbonyl (C=O) groups excluding carboxylic acids is 1. The van der Waals surface area contributed by atoms with Crippen LogP contribution in [0.4, 0.5) is 5.69 Å². The molecule has 0 saturated carbocycles. The van der Waals surface area contributed by atoms with E-state index < -0.39 is 22.3 Å². The average Bonchev–Trinajstić information content (AvgIpc) is 2.91. The number of aromatic amines is 1. The number of phenolic OH excluding ortho intramolecular Hbond substituents is 1. The Hall–Kier alpha value is -2.97. The Morgan fingerprint density at radius 2 is 2.30 bits per heavy atom. The van der Waals surface area contributed by atoms with Gasteiger partial charge in [0.05, 0.1) is 4.92 Å². The van der Waals surface area contributed by atoms with Gasteiger partial charge in [0.1, 0.15) is 12.2 Å². The van der Waals surface area contributed by atoms with E-state index in [4.69, 9.17) is 0 Å². The molecule has 2 rings (SSSR count). The third kappa shape index (κ3) is 3.07. The number of nitro benzene ring substituents is 1. The topological polar surface area (TPSA) is 134 Å². The number of nitro groups is 1. The van der Waals surface area contributed by atoms with Crippen LogP contribution in [0.2, 0.25) is 0 Å².